The third-order valence-electron chi connectivity index (χ3n) is 7.05. The first-order chi connectivity index (χ1) is 17.8. The summed E-state index contributed by atoms with van der Waals surface area (Å²) in [5, 5.41) is 0. The van der Waals surface area contributed by atoms with Crippen LogP contribution in [0.15, 0.2) is 48.5 Å². The lowest BCUT2D eigenvalue weighted by Gasteiger charge is -2.31. The number of hydrogen-bond acceptors (Lipinski definition) is 5. The topological polar surface area (TPSA) is 85.1 Å². The van der Waals surface area contributed by atoms with E-state index in [-0.39, 0.29) is 37.1 Å². The summed E-state index contributed by atoms with van der Waals surface area (Å²) in [6, 6.07) is 15.4. The van der Waals surface area contributed by atoms with Gasteiger partial charge in [0.15, 0.2) is 0 Å². The summed E-state index contributed by atoms with van der Waals surface area (Å²) in [6.07, 6.45) is 1.36. The van der Waals surface area contributed by atoms with E-state index in [2.05, 4.69) is 0 Å². The van der Waals surface area contributed by atoms with Gasteiger partial charge >= 0.3 is 6.09 Å². The van der Waals surface area contributed by atoms with Gasteiger partial charge in [0.1, 0.15) is 11.9 Å². The second kappa shape index (κ2) is 13.8. The first kappa shape index (κ1) is 29.7. The summed E-state index contributed by atoms with van der Waals surface area (Å²) in [7, 11) is 0. The van der Waals surface area contributed by atoms with Gasteiger partial charge in [0.05, 0.1) is 25.3 Å². The number of amides is 2. The predicted molar refractivity (Wildman–Crippen MR) is 148 cm³/mol. The monoisotopic (exact) mass is 547 g/mol. The van der Waals surface area contributed by atoms with E-state index in [1.807, 2.05) is 62.4 Å². The van der Waals surface area contributed by atoms with Gasteiger partial charge in [-0.25, -0.2) is 9.18 Å². The van der Waals surface area contributed by atoms with Crippen molar-refractivity contribution in [1.29, 1.82) is 0 Å². The molecule has 2 heterocycles. The number of halogens is 2. The van der Waals surface area contributed by atoms with Crippen LogP contribution in [0.4, 0.5) is 9.18 Å². The van der Waals surface area contributed by atoms with Crippen LogP contribution >= 0.6 is 12.4 Å². The molecule has 4 rings (SSSR count). The number of ether oxygens (including phenoxy) is 2. The summed E-state index contributed by atoms with van der Waals surface area (Å²) in [5.74, 6) is 1.06. The quantitative estimate of drug-likeness (QED) is 0.510. The molecular formula is C29H39ClFN3O4. The third kappa shape index (κ3) is 8.08. The average molecular weight is 548 g/mol. The molecule has 208 valence electrons. The molecule has 7 nitrogen and oxygen atoms in total. The average Bonchev–Trinajstić information content (AvgIpc) is 3.34. The normalized spacial score (nSPS) is 18.7. The summed E-state index contributed by atoms with van der Waals surface area (Å²) in [5.41, 5.74) is 9.22. The molecule has 0 bridgehead atoms. The third-order valence-corrected chi connectivity index (χ3v) is 7.05. The van der Waals surface area contributed by atoms with E-state index in [9.17, 15) is 14.0 Å². The van der Waals surface area contributed by atoms with E-state index < -0.39 is 12.2 Å². The molecule has 2 aliphatic heterocycles. The van der Waals surface area contributed by atoms with Crippen molar-refractivity contribution in [3.8, 4) is 16.9 Å². The van der Waals surface area contributed by atoms with E-state index in [1.165, 1.54) is 4.90 Å². The van der Waals surface area contributed by atoms with Crippen molar-refractivity contribution in [2.45, 2.75) is 57.8 Å². The molecule has 2 amide bonds. The fraction of sp³-hybridized carbons (Fsp3) is 0.517. The Labute approximate surface area is 230 Å². The molecule has 9 heteroatoms. The molecule has 2 fully saturated rings. The Morgan fingerprint density at radius 1 is 0.947 bits per heavy atom. The maximum atomic E-state index is 13.4. The Bertz CT molecular complexity index is 1040. The minimum Gasteiger partial charge on any atom is -0.493 e. The first-order valence-electron chi connectivity index (χ1n) is 13.2. The summed E-state index contributed by atoms with van der Waals surface area (Å²) in [6.45, 7) is 6.34. The van der Waals surface area contributed by atoms with Crippen molar-refractivity contribution < 1.29 is 23.5 Å². The van der Waals surface area contributed by atoms with Crippen molar-refractivity contribution in [2.24, 2.45) is 11.7 Å². The van der Waals surface area contributed by atoms with Gasteiger partial charge in [-0.3, -0.25) is 4.79 Å². The number of alkyl halides is 1. The number of benzene rings is 2. The van der Waals surface area contributed by atoms with Crippen LogP contribution in [-0.2, 0) is 16.0 Å². The number of carbonyl (C=O) groups excluding carboxylic acids is 2. The van der Waals surface area contributed by atoms with Gasteiger partial charge in [0.2, 0.25) is 5.91 Å². The highest BCUT2D eigenvalue weighted by Crippen LogP contribution is 2.25. The summed E-state index contributed by atoms with van der Waals surface area (Å²) < 4.78 is 24.7. The molecule has 2 N–H and O–H groups in total. The minimum absolute atomic E-state index is 0. The van der Waals surface area contributed by atoms with Gasteiger partial charge in [0, 0.05) is 19.6 Å². The molecule has 0 aliphatic carbocycles. The van der Waals surface area contributed by atoms with E-state index in [0.717, 1.165) is 35.3 Å². The lowest BCUT2D eigenvalue weighted by atomic mass is 9.98. The van der Waals surface area contributed by atoms with Gasteiger partial charge in [-0.2, -0.15) is 0 Å². The van der Waals surface area contributed by atoms with E-state index in [4.69, 9.17) is 15.2 Å². The standard InChI is InChI=1S/C29H38FN3O4.ClH/c1-20(2)37-29(35)32-14-11-22(12-15-32)19-36-26-9-7-24(8-10-26)23-5-3-21(4-6-23)17-27(31)28(34)33-16-13-25(30)18-33;/h3-10,20,22,25,27H,11-19,31H2,1-2H3;1H/t25-,27-;/m0./s1. The molecule has 0 radical (unpaired) electrons. The second-order valence-corrected chi connectivity index (χ2v) is 10.4. The van der Waals surface area contributed by atoms with Crippen LogP contribution in [0.1, 0.15) is 38.7 Å². The molecule has 0 spiro atoms. The highest BCUT2D eigenvalue weighted by Gasteiger charge is 2.29. The van der Waals surface area contributed by atoms with Crippen molar-refractivity contribution >= 4 is 24.4 Å². The Hall–Kier alpha value is -2.84. The lowest BCUT2D eigenvalue weighted by Crippen LogP contribution is -2.44. The maximum absolute atomic E-state index is 13.4. The highest BCUT2D eigenvalue weighted by molar-refractivity contribution is 5.85. The predicted octanol–water partition coefficient (Wildman–Crippen LogP) is 4.85. The van der Waals surface area contributed by atoms with Crippen LogP contribution in [0.2, 0.25) is 0 Å². The van der Waals surface area contributed by atoms with E-state index in [0.29, 0.717) is 45.0 Å². The zero-order valence-corrected chi connectivity index (χ0v) is 23.0. The number of piperidine rings is 1. The minimum atomic E-state index is -0.938. The number of nitrogens with two attached hydrogens (primary N) is 1. The summed E-state index contributed by atoms with van der Waals surface area (Å²) in [4.78, 5) is 27.8. The number of rotatable bonds is 8. The van der Waals surface area contributed by atoms with Crippen LogP contribution in [0.5, 0.6) is 5.75 Å². The number of likely N-dealkylation sites (tertiary alicyclic amines) is 2. The Morgan fingerprint density at radius 3 is 2.08 bits per heavy atom. The van der Waals surface area contributed by atoms with Crippen LogP contribution < -0.4 is 10.5 Å². The lowest BCUT2D eigenvalue weighted by molar-refractivity contribution is -0.131. The molecule has 2 atom stereocenters. The van der Waals surface area contributed by atoms with Crippen molar-refractivity contribution in [2.75, 3.05) is 32.8 Å². The largest absolute Gasteiger partial charge is 0.493 e. The highest BCUT2D eigenvalue weighted by atomic mass is 35.5. The van der Waals surface area contributed by atoms with Crippen molar-refractivity contribution in [3.05, 3.63) is 54.1 Å². The van der Waals surface area contributed by atoms with E-state index in [1.54, 1.807) is 4.90 Å². The molecule has 0 aromatic heterocycles. The molecule has 0 saturated carbocycles. The first-order valence-corrected chi connectivity index (χ1v) is 13.2. The second-order valence-electron chi connectivity index (χ2n) is 10.4. The van der Waals surface area contributed by atoms with Gasteiger partial charge in [0.25, 0.3) is 0 Å². The van der Waals surface area contributed by atoms with Crippen molar-refractivity contribution in [1.82, 2.24) is 9.80 Å². The molecule has 2 aliphatic rings. The Balaban J connectivity index is 0.00000400. The Morgan fingerprint density at radius 2 is 1.53 bits per heavy atom. The number of carbonyl (C=O) groups is 2. The van der Waals surface area contributed by atoms with E-state index >= 15 is 0 Å². The molecule has 0 unspecified atom stereocenters. The smallest absolute Gasteiger partial charge is 0.410 e. The van der Waals surface area contributed by atoms with Gasteiger partial charge in [-0.15, -0.1) is 12.4 Å². The fourth-order valence-electron chi connectivity index (χ4n) is 4.84. The van der Waals surface area contributed by atoms with Crippen LogP contribution in [0.3, 0.4) is 0 Å². The van der Waals surface area contributed by atoms with Gasteiger partial charge in [-0.1, -0.05) is 36.4 Å². The Kier molecular flexibility index (Phi) is 10.8. The summed E-state index contributed by atoms with van der Waals surface area (Å²) >= 11 is 0. The molecule has 2 saturated heterocycles. The fourth-order valence-corrected chi connectivity index (χ4v) is 4.84. The molecule has 2 aromatic rings. The van der Waals surface area contributed by atoms with Crippen LogP contribution in [0, 0.1) is 5.92 Å². The molecule has 38 heavy (non-hydrogen) atoms. The zero-order chi connectivity index (χ0) is 26.4. The van der Waals surface area contributed by atoms with Gasteiger partial charge < -0.3 is 25.0 Å². The van der Waals surface area contributed by atoms with Gasteiger partial charge in [-0.05, 0) is 74.3 Å². The number of hydrogen-bond donors (Lipinski definition) is 1. The van der Waals surface area contributed by atoms with Crippen molar-refractivity contribution in [3.63, 3.8) is 0 Å². The zero-order valence-electron chi connectivity index (χ0n) is 22.2. The van der Waals surface area contributed by atoms with Crippen LogP contribution in [0.25, 0.3) is 11.1 Å². The maximum Gasteiger partial charge on any atom is 0.410 e. The molecular weight excluding hydrogens is 509 g/mol. The number of nitrogens with zero attached hydrogens (tertiary/aromatic N) is 2. The molecule has 2 aromatic carbocycles. The SMILES string of the molecule is CC(C)OC(=O)N1CCC(COc2ccc(-c3ccc(C[C@H](N)C(=O)N4CC[C@H](F)C4)cc3)cc2)CC1.Cl. The van der Waals surface area contributed by atoms with Crippen LogP contribution in [-0.4, -0.2) is 72.9 Å².